The number of ether oxygens (including phenoxy) is 2. The predicted octanol–water partition coefficient (Wildman–Crippen LogP) is 5.11. The minimum atomic E-state index is -3.98. The number of rotatable bonds is 3. The summed E-state index contributed by atoms with van der Waals surface area (Å²) in [6, 6.07) is 11.0. The van der Waals surface area contributed by atoms with Crippen molar-refractivity contribution >= 4 is 39.1 Å². The van der Waals surface area contributed by atoms with E-state index in [2.05, 4.69) is 9.62 Å². The van der Waals surface area contributed by atoms with Gasteiger partial charge in [-0.3, -0.25) is 9.59 Å². The number of carbonyl (C=O) groups is 2. The largest absolute Gasteiger partial charge is 0.487 e. The van der Waals surface area contributed by atoms with Gasteiger partial charge in [0.25, 0.3) is 5.91 Å². The van der Waals surface area contributed by atoms with Crippen molar-refractivity contribution in [3.63, 3.8) is 0 Å². The van der Waals surface area contributed by atoms with Crippen molar-refractivity contribution in [1.82, 2.24) is 9.62 Å². The maximum Gasteiger partial charge on any atom is 0.264 e. The summed E-state index contributed by atoms with van der Waals surface area (Å²) in [6.07, 6.45) is 8.78. The lowest BCUT2D eigenvalue weighted by Gasteiger charge is -2.44. The van der Waals surface area contributed by atoms with Crippen LogP contribution < -0.4 is 14.4 Å². The van der Waals surface area contributed by atoms with Gasteiger partial charge in [-0.05, 0) is 111 Å². The van der Waals surface area contributed by atoms with Crippen LogP contribution >= 0.6 is 11.6 Å². The minimum absolute atomic E-state index is 0.0777. The zero-order valence-electron chi connectivity index (χ0n) is 28.4. The predicted molar refractivity (Wildman–Crippen MR) is 189 cm³/mol. The maximum absolute atomic E-state index is 13.5. The lowest BCUT2D eigenvalue weighted by Crippen LogP contribution is -2.45. The first kappa shape index (κ1) is 35.7. The molecule has 6 rings (SSSR count). The second-order valence-electron chi connectivity index (χ2n) is 14.2. The van der Waals surface area contributed by atoms with E-state index in [1.807, 2.05) is 37.3 Å². The van der Waals surface area contributed by atoms with Crippen LogP contribution in [-0.4, -0.2) is 80.5 Å². The van der Waals surface area contributed by atoms with Crippen molar-refractivity contribution in [2.45, 2.75) is 82.9 Å². The minimum Gasteiger partial charge on any atom is -0.487 e. The van der Waals surface area contributed by atoms with E-state index in [1.165, 1.54) is 0 Å². The number of likely N-dealkylation sites (tertiary alicyclic amines) is 1. The molecule has 49 heavy (non-hydrogen) atoms. The molecule has 3 heterocycles. The summed E-state index contributed by atoms with van der Waals surface area (Å²) >= 11 is 6.35. The summed E-state index contributed by atoms with van der Waals surface area (Å²) in [7, 11) is -3.98. The zero-order chi connectivity index (χ0) is 34.7. The van der Waals surface area contributed by atoms with E-state index in [-0.39, 0.29) is 41.9 Å². The molecule has 0 radical (unpaired) electrons. The van der Waals surface area contributed by atoms with Crippen molar-refractivity contribution in [3.8, 4) is 5.75 Å². The second kappa shape index (κ2) is 15.4. The number of allylic oxidation sites excluding steroid dienone is 1. The van der Waals surface area contributed by atoms with Crippen LogP contribution in [0.5, 0.6) is 5.75 Å². The molecule has 2 fully saturated rings. The van der Waals surface area contributed by atoms with Crippen molar-refractivity contribution in [2.75, 3.05) is 37.7 Å². The SMILES string of the molecule is C[C@@H]1[C@@H](C)C/C=C/[C@H](OCC(=O)N2CC[C@@H](O)C2)[C@@H]2CC[C@H]2CN2CCCCc3cc(Cl)ccc3COc3ccc(cc32)C(=O)NS1(=O)=O. The summed E-state index contributed by atoms with van der Waals surface area (Å²) in [5.74, 6) is -0.0532. The Kier molecular flexibility index (Phi) is 11.2. The molecule has 6 atom stereocenters. The van der Waals surface area contributed by atoms with Crippen LogP contribution in [0, 0.1) is 17.8 Å². The van der Waals surface area contributed by atoms with Crippen LogP contribution in [-0.2, 0) is 32.6 Å². The topological polar surface area (TPSA) is 125 Å². The number of halogens is 1. The molecule has 0 spiro atoms. The molecular weight excluding hydrogens is 666 g/mol. The molecule has 1 saturated heterocycles. The Morgan fingerprint density at radius 3 is 2.65 bits per heavy atom. The summed E-state index contributed by atoms with van der Waals surface area (Å²) in [5, 5.41) is 9.80. The van der Waals surface area contributed by atoms with Crippen LogP contribution in [0.2, 0.25) is 5.02 Å². The van der Waals surface area contributed by atoms with E-state index < -0.39 is 27.3 Å². The van der Waals surface area contributed by atoms with E-state index in [0.29, 0.717) is 56.4 Å². The molecule has 2 aromatic rings. The molecule has 0 aromatic heterocycles. The average molecular weight is 714 g/mol. The number of hydrogen-bond donors (Lipinski definition) is 2. The number of carbonyl (C=O) groups excluding carboxylic acids is 2. The van der Waals surface area contributed by atoms with E-state index in [4.69, 9.17) is 21.1 Å². The summed E-state index contributed by atoms with van der Waals surface area (Å²) in [4.78, 5) is 30.4. The van der Waals surface area contributed by atoms with Gasteiger partial charge >= 0.3 is 0 Å². The number of amides is 2. The number of nitrogens with zero attached hydrogens (tertiary/aromatic N) is 2. The number of anilines is 1. The number of hydrogen-bond acceptors (Lipinski definition) is 8. The monoisotopic (exact) mass is 713 g/mol. The van der Waals surface area contributed by atoms with Gasteiger partial charge in [-0.2, -0.15) is 0 Å². The maximum atomic E-state index is 13.5. The first-order valence-corrected chi connectivity index (χ1v) is 19.5. The number of nitrogens with one attached hydrogen (secondary N) is 1. The highest BCUT2D eigenvalue weighted by atomic mass is 35.5. The normalized spacial score (nSPS) is 29.7. The Balaban J connectivity index is 1.32. The lowest BCUT2D eigenvalue weighted by molar-refractivity contribution is -0.138. The van der Waals surface area contributed by atoms with Crippen molar-refractivity contribution in [1.29, 1.82) is 0 Å². The number of benzene rings is 2. The van der Waals surface area contributed by atoms with Crippen LogP contribution in [0.1, 0.15) is 73.9 Å². The number of aliphatic hydroxyl groups is 1. The Morgan fingerprint density at radius 1 is 1.06 bits per heavy atom. The fraction of sp³-hybridized carbons (Fsp3) is 0.568. The standard InChI is InChI=1S/C37H48ClN3O7S/c1-24-6-5-8-34(48-23-36(43)41-17-15-31(42)21-41)32-13-10-28(32)20-40-16-4-3-7-26-18-30(38)12-9-29(26)22-47-35-14-11-27(19-33(35)40)37(44)39-49(45,46)25(24)2/h5,8-9,11-12,14,18-19,24-25,28,31-32,34,42H,3-4,6-7,10,13,15-17,20-23H2,1-2H3,(H,39,44)/b8-5+/t24-,25+,28-,31+,32+,34-/m0/s1. The molecular formula is C37H48ClN3O7S. The quantitative estimate of drug-likeness (QED) is 0.421. The molecule has 1 saturated carbocycles. The Hall–Kier alpha value is -3.12. The zero-order valence-corrected chi connectivity index (χ0v) is 29.9. The van der Waals surface area contributed by atoms with Crippen LogP contribution in [0.4, 0.5) is 5.69 Å². The summed E-state index contributed by atoms with van der Waals surface area (Å²) < 4.78 is 41.9. The van der Waals surface area contributed by atoms with E-state index >= 15 is 0 Å². The molecule has 4 aliphatic rings. The van der Waals surface area contributed by atoms with Gasteiger partial charge in [0, 0.05) is 36.8 Å². The van der Waals surface area contributed by atoms with Gasteiger partial charge in [0.1, 0.15) is 19.0 Å². The van der Waals surface area contributed by atoms with Crippen LogP contribution in [0.15, 0.2) is 48.6 Å². The summed E-state index contributed by atoms with van der Waals surface area (Å²) in [5.41, 5.74) is 3.21. The van der Waals surface area contributed by atoms with Crippen LogP contribution in [0.3, 0.4) is 0 Å². The molecule has 1 aliphatic carbocycles. The highest BCUT2D eigenvalue weighted by Gasteiger charge is 2.39. The van der Waals surface area contributed by atoms with Gasteiger partial charge in [0.2, 0.25) is 15.9 Å². The van der Waals surface area contributed by atoms with Gasteiger partial charge in [0.15, 0.2) is 0 Å². The number of fused-ring (bicyclic) bond motifs is 3. The fourth-order valence-electron chi connectivity index (χ4n) is 7.37. The van der Waals surface area contributed by atoms with Crippen LogP contribution in [0.25, 0.3) is 0 Å². The van der Waals surface area contributed by atoms with Crippen molar-refractivity contribution in [3.05, 3.63) is 70.3 Å². The molecule has 3 aliphatic heterocycles. The smallest absolute Gasteiger partial charge is 0.264 e. The number of aryl methyl sites for hydroxylation is 1. The molecule has 2 amide bonds. The third-order valence-electron chi connectivity index (χ3n) is 10.9. The second-order valence-corrected chi connectivity index (χ2v) is 16.6. The first-order valence-electron chi connectivity index (χ1n) is 17.6. The lowest BCUT2D eigenvalue weighted by atomic mass is 9.70. The van der Waals surface area contributed by atoms with Gasteiger partial charge < -0.3 is 24.4 Å². The highest BCUT2D eigenvalue weighted by Crippen LogP contribution is 2.42. The van der Waals surface area contributed by atoms with Gasteiger partial charge in [0.05, 0.1) is 23.1 Å². The number of β-amino-alcohol motifs (C(OH)–C–C–N with tert-alkyl or cyclic N) is 1. The molecule has 2 N–H and O–H groups in total. The van der Waals surface area contributed by atoms with E-state index in [9.17, 15) is 23.1 Å². The third-order valence-corrected chi connectivity index (χ3v) is 13.0. The van der Waals surface area contributed by atoms with E-state index in [0.717, 1.165) is 48.9 Å². The van der Waals surface area contributed by atoms with Crippen molar-refractivity contribution < 1.29 is 32.6 Å². The fourth-order valence-corrected chi connectivity index (χ4v) is 8.85. The third kappa shape index (κ3) is 8.44. The van der Waals surface area contributed by atoms with E-state index in [1.54, 1.807) is 30.0 Å². The molecule has 266 valence electrons. The molecule has 12 heteroatoms. The van der Waals surface area contributed by atoms with Gasteiger partial charge in [-0.25, -0.2) is 13.1 Å². The summed E-state index contributed by atoms with van der Waals surface area (Å²) in [6.45, 7) is 5.97. The molecule has 2 bridgehead atoms. The molecule has 10 nitrogen and oxygen atoms in total. The number of aliphatic hydroxyl groups excluding tert-OH is 1. The first-order chi connectivity index (χ1) is 23.5. The highest BCUT2D eigenvalue weighted by molar-refractivity contribution is 7.90. The molecule has 2 aromatic carbocycles. The van der Waals surface area contributed by atoms with Crippen molar-refractivity contribution in [2.24, 2.45) is 17.8 Å². The average Bonchev–Trinajstić information content (AvgIpc) is 3.49. The Labute approximate surface area is 294 Å². The van der Waals surface area contributed by atoms with Gasteiger partial charge in [-0.15, -0.1) is 0 Å². The Bertz CT molecular complexity index is 1670. The molecule has 0 unspecified atom stereocenters. The number of sulfonamides is 1. The Morgan fingerprint density at radius 2 is 1.90 bits per heavy atom. The van der Waals surface area contributed by atoms with Gasteiger partial charge in [-0.1, -0.05) is 36.7 Å².